The predicted octanol–water partition coefficient (Wildman–Crippen LogP) is 2.62. The minimum atomic E-state index is -0.171. The van der Waals surface area contributed by atoms with Gasteiger partial charge in [0.1, 0.15) is 0 Å². The van der Waals surface area contributed by atoms with Crippen LogP contribution in [0.1, 0.15) is 33.3 Å². The maximum Gasteiger partial charge on any atom is 0.237 e. The van der Waals surface area contributed by atoms with Crippen LogP contribution < -0.4 is 5.32 Å². The minimum Gasteiger partial charge on any atom is -0.350 e. The number of piperazine rings is 1. The molecule has 1 aromatic carbocycles. The zero-order chi connectivity index (χ0) is 17.6. The summed E-state index contributed by atoms with van der Waals surface area (Å²) in [7, 11) is 0. The largest absolute Gasteiger partial charge is 0.350 e. The Balaban J connectivity index is 1.75. The predicted molar refractivity (Wildman–Crippen MR) is 101 cm³/mol. The summed E-state index contributed by atoms with van der Waals surface area (Å²) < 4.78 is 0. The van der Waals surface area contributed by atoms with Crippen LogP contribution in [0.2, 0.25) is 0 Å². The van der Waals surface area contributed by atoms with E-state index in [4.69, 9.17) is 0 Å². The van der Waals surface area contributed by atoms with Crippen molar-refractivity contribution in [1.82, 2.24) is 15.1 Å². The summed E-state index contributed by atoms with van der Waals surface area (Å²) in [6.45, 7) is 12.9. The first-order valence-electron chi connectivity index (χ1n) is 8.85. The fourth-order valence-corrected chi connectivity index (χ4v) is 2.88. The van der Waals surface area contributed by atoms with Gasteiger partial charge in [0.25, 0.3) is 0 Å². The van der Waals surface area contributed by atoms with Crippen LogP contribution in [0, 0.1) is 0 Å². The fraction of sp³-hybridized carbons (Fsp3) is 0.550. The molecule has 24 heavy (non-hydrogen) atoms. The summed E-state index contributed by atoms with van der Waals surface area (Å²) in [5.41, 5.74) is 1.07. The van der Waals surface area contributed by atoms with Crippen LogP contribution in [-0.2, 0) is 4.79 Å². The highest BCUT2D eigenvalue weighted by molar-refractivity contribution is 5.81. The molecule has 1 fully saturated rings. The van der Waals surface area contributed by atoms with Crippen LogP contribution >= 0.6 is 0 Å². The monoisotopic (exact) mass is 329 g/mol. The summed E-state index contributed by atoms with van der Waals surface area (Å²) in [6, 6.07) is 10.3. The number of amides is 1. The van der Waals surface area contributed by atoms with Crippen LogP contribution in [0.25, 0.3) is 6.08 Å². The highest BCUT2D eigenvalue weighted by Crippen LogP contribution is 2.09. The van der Waals surface area contributed by atoms with E-state index >= 15 is 0 Å². The van der Waals surface area contributed by atoms with Gasteiger partial charge in [-0.1, -0.05) is 42.5 Å². The maximum absolute atomic E-state index is 12.3. The number of hydrogen-bond acceptors (Lipinski definition) is 3. The SMILES string of the molecule is C[C@H](C(=O)NC(C)(C)C)N1CCN(C/C=C/c2ccccc2)CC1. The zero-order valence-corrected chi connectivity index (χ0v) is 15.5. The smallest absolute Gasteiger partial charge is 0.237 e. The average molecular weight is 329 g/mol. The molecule has 0 spiro atoms. The van der Waals surface area contributed by atoms with Gasteiger partial charge in [-0.3, -0.25) is 14.6 Å². The molecular formula is C20H31N3O. The second-order valence-corrected chi connectivity index (χ2v) is 7.56. The van der Waals surface area contributed by atoms with Crippen molar-refractivity contribution in [1.29, 1.82) is 0 Å². The van der Waals surface area contributed by atoms with E-state index in [2.05, 4.69) is 51.5 Å². The topological polar surface area (TPSA) is 35.6 Å². The van der Waals surface area contributed by atoms with Crippen LogP contribution in [0.4, 0.5) is 0 Å². The first-order chi connectivity index (χ1) is 11.3. The molecule has 1 aliphatic heterocycles. The van der Waals surface area contributed by atoms with E-state index < -0.39 is 0 Å². The van der Waals surface area contributed by atoms with Gasteiger partial charge >= 0.3 is 0 Å². The molecule has 0 radical (unpaired) electrons. The van der Waals surface area contributed by atoms with Gasteiger partial charge in [0.2, 0.25) is 5.91 Å². The molecule has 0 aromatic heterocycles. The van der Waals surface area contributed by atoms with Crippen LogP contribution in [-0.4, -0.2) is 60.0 Å². The van der Waals surface area contributed by atoms with Crippen LogP contribution in [0.5, 0.6) is 0 Å². The van der Waals surface area contributed by atoms with E-state index in [-0.39, 0.29) is 17.5 Å². The number of rotatable bonds is 5. The van der Waals surface area contributed by atoms with Gasteiger partial charge < -0.3 is 5.32 Å². The van der Waals surface area contributed by atoms with Gasteiger partial charge in [0, 0.05) is 38.3 Å². The Hall–Kier alpha value is -1.65. The average Bonchev–Trinajstić information content (AvgIpc) is 2.54. The summed E-state index contributed by atoms with van der Waals surface area (Å²) in [5.74, 6) is 0.125. The van der Waals surface area contributed by atoms with E-state index in [1.807, 2.05) is 33.8 Å². The molecule has 0 unspecified atom stereocenters. The van der Waals surface area contributed by atoms with Crippen molar-refractivity contribution in [2.75, 3.05) is 32.7 Å². The number of carbonyl (C=O) groups excluding carboxylic acids is 1. The van der Waals surface area contributed by atoms with Gasteiger partial charge in [-0.25, -0.2) is 0 Å². The van der Waals surface area contributed by atoms with Crippen molar-refractivity contribution < 1.29 is 4.79 Å². The first-order valence-corrected chi connectivity index (χ1v) is 8.85. The highest BCUT2D eigenvalue weighted by atomic mass is 16.2. The lowest BCUT2D eigenvalue weighted by atomic mass is 10.1. The molecule has 2 rings (SSSR count). The number of nitrogens with zero attached hydrogens (tertiary/aromatic N) is 2. The third-order valence-electron chi connectivity index (χ3n) is 4.31. The van der Waals surface area contributed by atoms with Crippen molar-refractivity contribution in [2.45, 2.75) is 39.3 Å². The fourth-order valence-electron chi connectivity index (χ4n) is 2.88. The Morgan fingerprint density at radius 1 is 1.17 bits per heavy atom. The Morgan fingerprint density at radius 3 is 2.38 bits per heavy atom. The second kappa shape index (κ2) is 8.45. The van der Waals surface area contributed by atoms with E-state index in [1.54, 1.807) is 0 Å². The Morgan fingerprint density at radius 2 is 1.79 bits per heavy atom. The molecule has 1 aromatic rings. The molecule has 1 saturated heterocycles. The molecule has 1 heterocycles. The maximum atomic E-state index is 12.3. The summed E-state index contributed by atoms with van der Waals surface area (Å²) in [5, 5.41) is 3.07. The molecule has 1 amide bonds. The third kappa shape index (κ3) is 6.10. The number of carbonyl (C=O) groups is 1. The minimum absolute atomic E-state index is 0.0637. The van der Waals surface area contributed by atoms with Gasteiger partial charge in [0.15, 0.2) is 0 Å². The number of nitrogens with one attached hydrogen (secondary N) is 1. The van der Waals surface area contributed by atoms with Crippen molar-refractivity contribution >= 4 is 12.0 Å². The first kappa shape index (κ1) is 18.7. The van der Waals surface area contributed by atoms with Crippen molar-refractivity contribution in [3.8, 4) is 0 Å². The molecule has 4 nitrogen and oxygen atoms in total. The Bertz CT molecular complexity index is 540. The molecule has 4 heteroatoms. The van der Waals surface area contributed by atoms with Crippen LogP contribution in [0.15, 0.2) is 36.4 Å². The molecular weight excluding hydrogens is 298 g/mol. The van der Waals surface area contributed by atoms with Gasteiger partial charge in [-0.15, -0.1) is 0 Å². The lowest BCUT2D eigenvalue weighted by molar-refractivity contribution is -0.128. The van der Waals surface area contributed by atoms with Crippen LogP contribution in [0.3, 0.4) is 0 Å². The molecule has 1 aliphatic rings. The van der Waals surface area contributed by atoms with Crippen molar-refractivity contribution in [3.05, 3.63) is 42.0 Å². The Labute approximate surface area is 146 Å². The highest BCUT2D eigenvalue weighted by Gasteiger charge is 2.27. The lowest BCUT2D eigenvalue weighted by Crippen LogP contribution is -2.56. The van der Waals surface area contributed by atoms with Gasteiger partial charge in [-0.05, 0) is 33.3 Å². The Kier molecular flexibility index (Phi) is 6.58. The van der Waals surface area contributed by atoms with Gasteiger partial charge in [0.05, 0.1) is 6.04 Å². The van der Waals surface area contributed by atoms with Crippen molar-refractivity contribution in [2.24, 2.45) is 0 Å². The molecule has 0 aliphatic carbocycles. The number of benzene rings is 1. The zero-order valence-electron chi connectivity index (χ0n) is 15.5. The van der Waals surface area contributed by atoms with E-state index in [0.29, 0.717) is 0 Å². The quantitative estimate of drug-likeness (QED) is 0.902. The molecule has 0 saturated carbocycles. The molecule has 1 N–H and O–H groups in total. The van der Waals surface area contributed by atoms with Gasteiger partial charge in [-0.2, -0.15) is 0 Å². The summed E-state index contributed by atoms with van der Waals surface area (Å²) in [4.78, 5) is 17.0. The number of hydrogen-bond donors (Lipinski definition) is 1. The van der Waals surface area contributed by atoms with Crippen molar-refractivity contribution in [3.63, 3.8) is 0 Å². The molecule has 1 atom stereocenters. The normalized spacial score (nSPS) is 18.7. The van der Waals surface area contributed by atoms with E-state index in [9.17, 15) is 4.79 Å². The lowest BCUT2D eigenvalue weighted by Gasteiger charge is -2.37. The summed E-state index contributed by atoms with van der Waals surface area (Å²) >= 11 is 0. The van der Waals surface area contributed by atoms with E-state index in [0.717, 1.165) is 32.7 Å². The molecule has 132 valence electrons. The molecule has 0 bridgehead atoms. The van der Waals surface area contributed by atoms with E-state index in [1.165, 1.54) is 5.56 Å². The second-order valence-electron chi connectivity index (χ2n) is 7.56. The standard InChI is InChI=1S/C20H31N3O/c1-17(19(24)21-20(2,3)4)23-15-13-22(14-16-23)12-8-11-18-9-6-5-7-10-18/h5-11,17H,12-16H2,1-4H3,(H,21,24)/b11-8+/t17-/m1/s1. The summed E-state index contributed by atoms with van der Waals surface area (Å²) in [6.07, 6.45) is 4.40. The third-order valence-corrected chi connectivity index (χ3v) is 4.31.